The van der Waals surface area contributed by atoms with E-state index in [0.717, 1.165) is 49.8 Å². The fourth-order valence-corrected chi connectivity index (χ4v) is 7.37. The number of likely N-dealkylation sites (tertiary alicyclic amines) is 1. The number of carbonyl (C=O) groups excluding carboxylic acids is 2. The third-order valence-electron chi connectivity index (χ3n) is 9.21. The number of nitriles is 1. The maximum absolute atomic E-state index is 13.2. The predicted molar refractivity (Wildman–Crippen MR) is 150 cm³/mol. The molecule has 1 aromatic carbocycles. The lowest BCUT2D eigenvalue weighted by Crippen LogP contribution is -2.46. The van der Waals surface area contributed by atoms with E-state index in [-0.39, 0.29) is 17.4 Å². The van der Waals surface area contributed by atoms with Gasteiger partial charge in [0.2, 0.25) is 5.91 Å². The number of anilines is 1. The number of amides is 2. The van der Waals surface area contributed by atoms with Crippen LogP contribution in [0, 0.1) is 29.1 Å². The van der Waals surface area contributed by atoms with Crippen LogP contribution in [0.15, 0.2) is 30.6 Å². The molecule has 2 aromatic heterocycles. The molecule has 3 aliphatic rings. The van der Waals surface area contributed by atoms with Gasteiger partial charge in [0.15, 0.2) is 5.75 Å². The highest BCUT2D eigenvalue weighted by molar-refractivity contribution is 6.07. The van der Waals surface area contributed by atoms with Gasteiger partial charge in [-0.15, -0.1) is 0 Å². The Morgan fingerprint density at radius 1 is 1.07 bits per heavy atom. The second-order valence-corrected chi connectivity index (χ2v) is 11.4. The lowest BCUT2D eigenvalue weighted by Gasteiger charge is -2.39. The number of piperidine rings is 1. The molecule has 0 radical (unpaired) electrons. The van der Waals surface area contributed by atoms with Crippen LogP contribution in [0.2, 0.25) is 0 Å². The summed E-state index contributed by atoms with van der Waals surface area (Å²) in [4.78, 5) is 33.3. The highest BCUT2D eigenvalue weighted by Gasteiger charge is 2.46. The predicted octanol–water partition coefficient (Wildman–Crippen LogP) is 4.86. The van der Waals surface area contributed by atoms with Gasteiger partial charge < -0.3 is 24.3 Å². The van der Waals surface area contributed by atoms with Gasteiger partial charge in [-0.1, -0.05) is 12.8 Å². The molecule has 40 heavy (non-hydrogen) atoms. The molecule has 1 aliphatic heterocycles. The average Bonchev–Trinajstić information content (AvgIpc) is 3.68. The molecular formula is C31H35N5O4. The van der Waals surface area contributed by atoms with Gasteiger partial charge in [-0.2, -0.15) is 5.26 Å². The topological polar surface area (TPSA) is 109 Å². The highest BCUT2D eigenvalue weighted by Crippen LogP contribution is 2.52. The summed E-state index contributed by atoms with van der Waals surface area (Å²) in [7, 11) is 5.08. The van der Waals surface area contributed by atoms with Crippen molar-refractivity contribution in [3.05, 3.63) is 47.3 Å². The zero-order chi connectivity index (χ0) is 28.0. The van der Waals surface area contributed by atoms with Crippen LogP contribution in [0.3, 0.4) is 0 Å². The van der Waals surface area contributed by atoms with E-state index in [0.29, 0.717) is 46.4 Å². The fourth-order valence-electron chi connectivity index (χ4n) is 7.37. The van der Waals surface area contributed by atoms with Crippen molar-refractivity contribution >= 4 is 28.5 Å². The monoisotopic (exact) mass is 541 g/mol. The number of rotatable bonds is 6. The number of hydrogen-bond acceptors (Lipinski definition) is 6. The van der Waals surface area contributed by atoms with Crippen LogP contribution in [0.4, 0.5) is 5.69 Å². The summed E-state index contributed by atoms with van der Waals surface area (Å²) in [6, 6.07) is 6.82. The Balaban J connectivity index is 1.31. The zero-order valence-electron chi connectivity index (χ0n) is 23.3. The van der Waals surface area contributed by atoms with Crippen molar-refractivity contribution in [2.24, 2.45) is 24.8 Å². The number of fused-ring (bicyclic) bond motifs is 3. The van der Waals surface area contributed by atoms with Crippen LogP contribution < -0.4 is 14.8 Å². The summed E-state index contributed by atoms with van der Waals surface area (Å²) in [5.74, 6) is 2.27. The molecule has 2 amide bonds. The molecule has 2 bridgehead atoms. The maximum atomic E-state index is 13.2. The normalized spacial score (nSPS) is 22.4. The molecule has 3 fully saturated rings. The lowest BCUT2D eigenvalue weighted by atomic mass is 9.79. The number of aromatic nitrogens is 2. The number of carbonyl (C=O) groups is 2. The fraction of sp³-hybridized carbons (Fsp3) is 0.484. The number of aryl methyl sites for hydroxylation is 1. The minimum absolute atomic E-state index is 0.207. The molecule has 3 aromatic rings. The second-order valence-electron chi connectivity index (χ2n) is 11.4. The van der Waals surface area contributed by atoms with Crippen LogP contribution in [-0.2, 0) is 11.8 Å². The van der Waals surface area contributed by atoms with Gasteiger partial charge in [-0.25, -0.2) is 4.98 Å². The molecule has 3 atom stereocenters. The molecule has 0 unspecified atom stereocenters. The van der Waals surface area contributed by atoms with Crippen LogP contribution in [0.1, 0.15) is 65.9 Å². The van der Waals surface area contributed by atoms with Crippen molar-refractivity contribution in [1.82, 2.24) is 14.5 Å². The van der Waals surface area contributed by atoms with Gasteiger partial charge in [0, 0.05) is 37.8 Å². The summed E-state index contributed by atoms with van der Waals surface area (Å²) >= 11 is 0. The van der Waals surface area contributed by atoms with Gasteiger partial charge in [-0.05, 0) is 67.2 Å². The Labute approximate surface area is 234 Å². The van der Waals surface area contributed by atoms with E-state index >= 15 is 0 Å². The zero-order valence-corrected chi connectivity index (χ0v) is 23.3. The van der Waals surface area contributed by atoms with Crippen molar-refractivity contribution in [3.63, 3.8) is 0 Å². The quantitative estimate of drug-likeness (QED) is 0.478. The molecule has 208 valence electrons. The first-order valence-corrected chi connectivity index (χ1v) is 14.1. The van der Waals surface area contributed by atoms with E-state index in [9.17, 15) is 14.9 Å². The first-order valence-electron chi connectivity index (χ1n) is 14.1. The Kier molecular flexibility index (Phi) is 6.87. The number of nitrogens with zero attached hydrogens (tertiary/aromatic N) is 4. The number of hydrogen-bond donors (Lipinski definition) is 1. The van der Waals surface area contributed by atoms with Crippen molar-refractivity contribution in [1.29, 1.82) is 5.26 Å². The number of ether oxygens (including phenoxy) is 2. The molecule has 2 saturated carbocycles. The van der Waals surface area contributed by atoms with E-state index in [2.05, 4.69) is 22.5 Å². The minimum Gasteiger partial charge on any atom is -0.495 e. The summed E-state index contributed by atoms with van der Waals surface area (Å²) in [6.45, 7) is 1.61. The number of nitrogens with one attached hydrogen (secondary N) is 1. The Bertz CT molecular complexity index is 1500. The Hall–Kier alpha value is -4.06. The van der Waals surface area contributed by atoms with Crippen molar-refractivity contribution in [3.8, 4) is 17.6 Å². The SMILES string of the molecule is COc1ccc(C(=O)Nc2cnc3c(c([C@@H]4[C@@H]5CC[C@H]4CN(C(=O)C4CCCC4)C5)cn3C)c2OC)cc1C#N. The van der Waals surface area contributed by atoms with Crippen LogP contribution >= 0.6 is 0 Å². The van der Waals surface area contributed by atoms with Crippen molar-refractivity contribution < 1.29 is 19.1 Å². The molecule has 6 rings (SSSR count). The van der Waals surface area contributed by atoms with E-state index in [1.165, 1.54) is 31.6 Å². The summed E-state index contributed by atoms with van der Waals surface area (Å²) in [5, 5.41) is 13.3. The molecule has 1 saturated heterocycles. The lowest BCUT2D eigenvalue weighted by molar-refractivity contribution is -0.137. The number of pyridine rings is 1. The van der Waals surface area contributed by atoms with Gasteiger partial charge in [0.05, 0.1) is 31.4 Å². The average molecular weight is 542 g/mol. The second kappa shape index (κ2) is 10.5. The summed E-state index contributed by atoms with van der Waals surface area (Å²) in [6.07, 6.45) is 10.4. The third kappa shape index (κ3) is 4.36. The van der Waals surface area contributed by atoms with Gasteiger partial charge in [0.25, 0.3) is 5.91 Å². The minimum atomic E-state index is -0.366. The van der Waals surface area contributed by atoms with E-state index in [1.807, 2.05) is 11.6 Å². The molecule has 0 spiro atoms. The molecule has 9 nitrogen and oxygen atoms in total. The highest BCUT2D eigenvalue weighted by atomic mass is 16.5. The smallest absolute Gasteiger partial charge is 0.255 e. The number of methoxy groups -OCH3 is 2. The molecular weight excluding hydrogens is 506 g/mol. The Morgan fingerprint density at radius 3 is 2.45 bits per heavy atom. The van der Waals surface area contributed by atoms with Gasteiger partial charge in [-0.3, -0.25) is 9.59 Å². The van der Waals surface area contributed by atoms with Gasteiger partial charge >= 0.3 is 0 Å². The first-order chi connectivity index (χ1) is 19.4. The van der Waals surface area contributed by atoms with Crippen LogP contribution in [0.25, 0.3) is 11.0 Å². The third-order valence-corrected chi connectivity index (χ3v) is 9.21. The molecule has 2 aliphatic carbocycles. The van der Waals surface area contributed by atoms with Crippen LogP contribution in [-0.4, -0.2) is 53.6 Å². The van der Waals surface area contributed by atoms with E-state index in [4.69, 9.17) is 14.5 Å². The Morgan fingerprint density at radius 2 is 1.80 bits per heavy atom. The van der Waals surface area contributed by atoms with E-state index < -0.39 is 0 Å². The van der Waals surface area contributed by atoms with E-state index in [1.54, 1.807) is 25.4 Å². The number of benzene rings is 1. The van der Waals surface area contributed by atoms with Crippen molar-refractivity contribution in [2.45, 2.75) is 44.4 Å². The maximum Gasteiger partial charge on any atom is 0.255 e. The first kappa shape index (κ1) is 26.2. The summed E-state index contributed by atoms with van der Waals surface area (Å²) in [5.41, 5.74) is 3.07. The van der Waals surface area contributed by atoms with Gasteiger partial charge in [0.1, 0.15) is 23.2 Å². The standard InChI is InChI=1S/C31H35N5O4/c1-35-17-23(26-20-8-9-21(26)16-36(15-20)31(38)18-6-4-5-7-18)27-28(40-3)24(14-33-29(27)35)34-30(37)19-10-11-25(39-2)22(12-19)13-32/h10-12,14,17-18,20-21,26H,4-9,15-16H2,1-3H3,(H,34,37)/t20-,21+,26-. The van der Waals surface area contributed by atoms with Crippen molar-refractivity contribution in [2.75, 3.05) is 32.6 Å². The molecule has 3 heterocycles. The summed E-state index contributed by atoms with van der Waals surface area (Å²) < 4.78 is 13.2. The molecule has 9 heteroatoms. The van der Waals surface area contributed by atoms with Crippen LogP contribution in [0.5, 0.6) is 11.5 Å². The molecule has 1 N–H and O–H groups in total. The largest absolute Gasteiger partial charge is 0.495 e.